The van der Waals surface area contributed by atoms with E-state index in [4.69, 9.17) is 14.2 Å². The van der Waals surface area contributed by atoms with Crippen LogP contribution in [0.2, 0.25) is 0 Å². The molecule has 4 heteroatoms. The summed E-state index contributed by atoms with van der Waals surface area (Å²) < 4.78 is 28.5. The van der Waals surface area contributed by atoms with Crippen LogP contribution in [0, 0.1) is 6.92 Å². The highest BCUT2D eigenvalue weighted by molar-refractivity contribution is 5.60. The average Bonchev–Trinajstić information content (AvgIpc) is 2.30. The number of alkyl halides is 1. The lowest BCUT2D eigenvalue weighted by Crippen LogP contribution is -2.20. The monoisotopic (exact) mass is 240 g/mol. The maximum absolute atomic E-state index is 12.5. The molecule has 1 atom stereocenters. The molecule has 2 rings (SSSR count). The maximum atomic E-state index is 12.5. The summed E-state index contributed by atoms with van der Waals surface area (Å²) in [6, 6.07) is 2.02. The summed E-state index contributed by atoms with van der Waals surface area (Å²) in [5, 5.41) is 0. The first-order valence-corrected chi connectivity index (χ1v) is 5.73. The molecule has 1 aliphatic rings. The molecule has 0 amide bonds. The van der Waals surface area contributed by atoms with Gasteiger partial charge >= 0.3 is 0 Å². The molecule has 94 valence electrons. The second-order valence-corrected chi connectivity index (χ2v) is 4.26. The van der Waals surface area contributed by atoms with Gasteiger partial charge in [0.25, 0.3) is 0 Å². The lowest BCUT2D eigenvalue weighted by molar-refractivity contribution is 0.149. The number of aryl methyl sites for hydroxylation is 2. The van der Waals surface area contributed by atoms with Crippen LogP contribution in [0.3, 0.4) is 0 Å². The number of rotatable bonds is 3. The number of methoxy groups -OCH3 is 1. The van der Waals surface area contributed by atoms with Crippen molar-refractivity contribution in [1.82, 2.24) is 0 Å². The van der Waals surface area contributed by atoms with E-state index in [0.717, 1.165) is 24.0 Å². The van der Waals surface area contributed by atoms with Crippen LogP contribution in [-0.2, 0) is 6.42 Å². The molecule has 1 aliphatic heterocycles. The lowest BCUT2D eigenvalue weighted by Gasteiger charge is -2.26. The van der Waals surface area contributed by atoms with Crippen LogP contribution in [0.25, 0.3) is 0 Å². The molecule has 0 spiro atoms. The molecular weight excluding hydrogens is 223 g/mol. The van der Waals surface area contributed by atoms with Crippen molar-refractivity contribution in [3.05, 3.63) is 17.2 Å². The van der Waals surface area contributed by atoms with Crippen molar-refractivity contribution < 1.29 is 18.6 Å². The fraction of sp³-hybridized carbons (Fsp3) is 0.538. The summed E-state index contributed by atoms with van der Waals surface area (Å²) in [6.07, 6.45) is 2.01. The number of ether oxygens (including phenoxy) is 3. The van der Waals surface area contributed by atoms with E-state index in [0.29, 0.717) is 17.2 Å². The summed E-state index contributed by atoms with van der Waals surface area (Å²) in [5.41, 5.74) is 2.00. The molecule has 1 aromatic rings. The second kappa shape index (κ2) is 4.82. The zero-order chi connectivity index (χ0) is 12.4. The van der Waals surface area contributed by atoms with Crippen molar-refractivity contribution in [3.63, 3.8) is 0 Å². The molecular formula is C13H17FO3. The summed E-state index contributed by atoms with van der Waals surface area (Å²) in [6.45, 7) is 3.03. The van der Waals surface area contributed by atoms with Gasteiger partial charge < -0.3 is 14.2 Å². The molecule has 0 bridgehead atoms. The predicted octanol–water partition coefficient (Wildman–Crippen LogP) is 3.02. The zero-order valence-corrected chi connectivity index (χ0v) is 10.4. The van der Waals surface area contributed by atoms with Gasteiger partial charge in [0, 0.05) is 0 Å². The SMILES string of the molecule is COc1c(C)cc2c(c1OCF)OC(C)CC2. The van der Waals surface area contributed by atoms with Gasteiger partial charge in [0.15, 0.2) is 11.5 Å². The largest absolute Gasteiger partial charge is 0.492 e. The standard InChI is InChI=1S/C13H17FO3/c1-8-6-10-5-4-9(2)17-12(10)13(16-7-14)11(8)15-3/h6,9H,4-5,7H2,1-3H3. The van der Waals surface area contributed by atoms with E-state index in [2.05, 4.69) is 0 Å². The Morgan fingerprint density at radius 2 is 2.24 bits per heavy atom. The Morgan fingerprint density at radius 3 is 2.88 bits per heavy atom. The normalized spacial score (nSPS) is 18.2. The van der Waals surface area contributed by atoms with Crippen molar-refractivity contribution in [2.45, 2.75) is 32.8 Å². The van der Waals surface area contributed by atoms with Crippen LogP contribution in [0.15, 0.2) is 6.07 Å². The first-order chi connectivity index (χ1) is 8.17. The Hall–Kier alpha value is -1.45. The molecule has 0 aromatic heterocycles. The molecule has 0 aliphatic carbocycles. The molecule has 1 heterocycles. The Morgan fingerprint density at radius 1 is 1.47 bits per heavy atom. The van der Waals surface area contributed by atoms with Crippen LogP contribution < -0.4 is 14.2 Å². The van der Waals surface area contributed by atoms with Crippen molar-refractivity contribution >= 4 is 0 Å². The molecule has 0 radical (unpaired) electrons. The van der Waals surface area contributed by atoms with E-state index in [1.54, 1.807) is 7.11 Å². The summed E-state index contributed by atoms with van der Waals surface area (Å²) in [4.78, 5) is 0. The highest BCUT2D eigenvalue weighted by Gasteiger charge is 2.25. The Labute approximate surface area is 100 Å². The third-order valence-electron chi connectivity index (χ3n) is 3.00. The lowest BCUT2D eigenvalue weighted by atomic mass is 9.99. The quantitative estimate of drug-likeness (QED) is 0.812. The van der Waals surface area contributed by atoms with Gasteiger partial charge in [0.2, 0.25) is 12.6 Å². The minimum absolute atomic E-state index is 0.122. The molecule has 17 heavy (non-hydrogen) atoms. The molecule has 3 nitrogen and oxygen atoms in total. The number of hydrogen-bond donors (Lipinski definition) is 0. The van der Waals surface area contributed by atoms with E-state index < -0.39 is 6.86 Å². The third-order valence-corrected chi connectivity index (χ3v) is 3.00. The highest BCUT2D eigenvalue weighted by atomic mass is 19.1. The fourth-order valence-electron chi connectivity index (χ4n) is 2.19. The Bertz CT molecular complexity index is 418. The van der Waals surface area contributed by atoms with Crippen LogP contribution in [0.4, 0.5) is 4.39 Å². The topological polar surface area (TPSA) is 27.7 Å². The van der Waals surface area contributed by atoms with Gasteiger partial charge in [-0.1, -0.05) is 0 Å². The molecule has 0 fully saturated rings. The molecule has 0 saturated heterocycles. The van der Waals surface area contributed by atoms with E-state index in [-0.39, 0.29) is 6.10 Å². The van der Waals surface area contributed by atoms with E-state index >= 15 is 0 Å². The fourth-order valence-corrected chi connectivity index (χ4v) is 2.19. The van der Waals surface area contributed by atoms with Gasteiger partial charge in [0.1, 0.15) is 0 Å². The summed E-state index contributed by atoms with van der Waals surface area (Å²) in [5.74, 6) is 1.57. The predicted molar refractivity (Wildman–Crippen MR) is 62.7 cm³/mol. The first kappa shape index (κ1) is 12.0. The van der Waals surface area contributed by atoms with Gasteiger partial charge in [-0.05, 0) is 43.9 Å². The van der Waals surface area contributed by atoms with Gasteiger partial charge in [-0.2, -0.15) is 0 Å². The van der Waals surface area contributed by atoms with Gasteiger partial charge in [-0.25, -0.2) is 4.39 Å². The first-order valence-electron chi connectivity index (χ1n) is 5.73. The van der Waals surface area contributed by atoms with E-state index in [1.165, 1.54) is 0 Å². The molecule has 1 aromatic carbocycles. The minimum atomic E-state index is -0.885. The number of hydrogen-bond acceptors (Lipinski definition) is 3. The highest BCUT2D eigenvalue weighted by Crippen LogP contribution is 2.45. The molecule has 1 unspecified atom stereocenters. The van der Waals surface area contributed by atoms with Crippen LogP contribution in [0.1, 0.15) is 24.5 Å². The number of benzene rings is 1. The van der Waals surface area contributed by atoms with Gasteiger partial charge in [0.05, 0.1) is 13.2 Å². The van der Waals surface area contributed by atoms with E-state index in [9.17, 15) is 4.39 Å². The molecule has 0 saturated carbocycles. The smallest absolute Gasteiger partial charge is 0.229 e. The minimum Gasteiger partial charge on any atom is -0.492 e. The number of fused-ring (bicyclic) bond motifs is 1. The van der Waals surface area contributed by atoms with E-state index in [1.807, 2.05) is 19.9 Å². The molecule has 0 N–H and O–H groups in total. The van der Waals surface area contributed by atoms with Gasteiger partial charge in [-0.3, -0.25) is 0 Å². The maximum Gasteiger partial charge on any atom is 0.229 e. The zero-order valence-electron chi connectivity index (χ0n) is 10.4. The summed E-state index contributed by atoms with van der Waals surface area (Å²) >= 11 is 0. The Kier molecular flexibility index (Phi) is 3.41. The Balaban J connectivity index is 2.53. The van der Waals surface area contributed by atoms with Crippen molar-refractivity contribution in [1.29, 1.82) is 0 Å². The summed E-state index contributed by atoms with van der Waals surface area (Å²) in [7, 11) is 1.55. The van der Waals surface area contributed by atoms with Crippen LogP contribution in [0.5, 0.6) is 17.2 Å². The second-order valence-electron chi connectivity index (χ2n) is 4.26. The van der Waals surface area contributed by atoms with Crippen LogP contribution >= 0.6 is 0 Å². The van der Waals surface area contributed by atoms with Crippen molar-refractivity contribution in [2.75, 3.05) is 14.0 Å². The van der Waals surface area contributed by atoms with Crippen molar-refractivity contribution in [2.24, 2.45) is 0 Å². The van der Waals surface area contributed by atoms with Crippen LogP contribution in [-0.4, -0.2) is 20.1 Å². The van der Waals surface area contributed by atoms with Crippen molar-refractivity contribution in [3.8, 4) is 17.2 Å². The number of halogens is 1. The third kappa shape index (κ3) is 2.16. The van der Waals surface area contributed by atoms with Gasteiger partial charge in [-0.15, -0.1) is 0 Å². The average molecular weight is 240 g/mol.